The van der Waals surface area contributed by atoms with Crippen LogP contribution in [-0.4, -0.2) is 11.4 Å². The molecular formula is C15H23ClN2O. The van der Waals surface area contributed by atoms with Gasteiger partial charge in [0.1, 0.15) is 0 Å². The van der Waals surface area contributed by atoms with Gasteiger partial charge in [0.15, 0.2) is 0 Å². The van der Waals surface area contributed by atoms with Crippen LogP contribution in [0.15, 0.2) is 24.3 Å². The average molecular weight is 283 g/mol. The molecule has 1 aromatic carbocycles. The van der Waals surface area contributed by atoms with Gasteiger partial charge in [0.2, 0.25) is 5.91 Å². The van der Waals surface area contributed by atoms with Gasteiger partial charge in [0.25, 0.3) is 0 Å². The third-order valence-electron chi connectivity index (χ3n) is 2.83. The summed E-state index contributed by atoms with van der Waals surface area (Å²) in [5.74, 6) is 0.271. The second kappa shape index (κ2) is 6.40. The first-order chi connectivity index (χ1) is 8.69. The molecule has 1 amide bonds. The third-order valence-corrected chi connectivity index (χ3v) is 3.08. The molecule has 0 aliphatic heterocycles. The van der Waals surface area contributed by atoms with E-state index in [1.807, 2.05) is 38.1 Å². The Morgan fingerprint density at radius 1 is 1.32 bits per heavy atom. The Labute approximate surface area is 120 Å². The first-order valence-corrected chi connectivity index (χ1v) is 6.90. The summed E-state index contributed by atoms with van der Waals surface area (Å²) in [6.07, 6.45) is 0.309. The minimum atomic E-state index is -0.494. The molecule has 0 spiro atoms. The summed E-state index contributed by atoms with van der Waals surface area (Å²) < 4.78 is 0. The fraction of sp³-hybridized carbons (Fsp3) is 0.533. The molecule has 0 bridgehead atoms. The quantitative estimate of drug-likeness (QED) is 0.871. The minimum Gasteiger partial charge on any atom is -0.349 e. The van der Waals surface area contributed by atoms with Crippen molar-refractivity contribution in [1.29, 1.82) is 0 Å². The van der Waals surface area contributed by atoms with Crippen molar-refractivity contribution >= 4 is 17.5 Å². The lowest BCUT2D eigenvalue weighted by atomic mass is 9.95. The zero-order valence-corrected chi connectivity index (χ0v) is 12.8. The van der Waals surface area contributed by atoms with Gasteiger partial charge < -0.3 is 11.1 Å². The highest BCUT2D eigenvalue weighted by atomic mass is 35.5. The summed E-state index contributed by atoms with van der Waals surface area (Å²) in [4.78, 5) is 12.0. The zero-order valence-electron chi connectivity index (χ0n) is 12.0. The monoisotopic (exact) mass is 282 g/mol. The molecule has 3 N–H and O–H groups in total. The van der Waals surface area contributed by atoms with Crippen LogP contribution < -0.4 is 11.1 Å². The number of rotatable bonds is 5. The number of hydrogen-bond acceptors (Lipinski definition) is 2. The summed E-state index contributed by atoms with van der Waals surface area (Å²) in [5.41, 5.74) is 6.43. The Kier molecular flexibility index (Phi) is 5.39. The molecule has 0 fully saturated rings. The van der Waals surface area contributed by atoms with Crippen molar-refractivity contribution in [3.63, 3.8) is 0 Å². The number of amides is 1. The molecule has 0 aliphatic rings. The van der Waals surface area contributed by atoms with Gasteiger partial charge >= 0.3 is 0 Å². The lowest BCUT2D eigenvalue weighted by molar-refractivity contribution is -0.123. The number of nitrogens with one attached hydrogen (secondary N) is 1. The molecule has 1 atom stereocenters. The summed E-state index contributed by atoms with van der Waals surface area (Å²) >= 11 is 5.88. The van der Waals surface area contributed by atoms with Gasteiger partial charge in [-0.05, 0) is 37.5 Å². The van der Waals surface area contributed by atoms with Crippen LogP contribution in [0, 0.1) is 5.92 Å². The summed E-state index contributed by atoms with van der Waals surface area (Å²) in [6, 6.07) is 7.55. The zero-order chi connectivity index (χ0) is 14.6. The SMILES string of the molecule is CC(C)C(NC(=O)CC(C)(C)N)c1ccc(Cl)cc1. The van der Waals surface area contributed by atoms with Crippen molar-refractivity contribution in [2.45, 2.75) is 45.7 Å². The standard InChI is InChI=1S/C15H23ClN2O/c1-10(2)14(11-5-7-12(16)8-6-11)18-13(19)9-15(3,4)17/h5-8,10,14H,9,17H2,1-4H3,(H,18,19). The van der Waals surface area contributed by atoms with Gasteiger partial charge in [-0.3, -0.25) is 4.79 Å². The van der Waals surface area contributed by atoms with Gasteiger partial charge in [-0.15, -0.1) is 0 Å². The topological polar surface area (TPSA) is 55.1 Å². The lowest BCUT2D eigenvalue weighted by Gasteiger charge is -2.25. The van der Waals surface area contributed by atoms with Crippen LogP contribution in [0.5, 0.6) is 0 Å². The van der Waals surface area contributed by atoms with Crippen molar-refractivity contribution in [3.8, 4) is 0 Å². The largest absolute Gasteiger partial charge is 0.349 e. The van der Waals surface area contributed by atoms with Crippen LogP contribution in [0.1, 0.15) is 45.7 Å². The van der Waals surface area contributed by atoms with E-state index in [2.05, 4.69) is 19.2 Å². The van der Waals surface area contributed by atoms with Crippen LogP contribution in [0.25, 0.3) is 0 Å². The molecule has 1 rings (SSSR count). The van der Waals surface area contributed by atoms with Crippen molar-refractivity contribution in [2.75, 3.05) is 0 Å². The van der Waals surface area contributed by atoms with E-state index in [4.69, 9.17) is 17.3 Å². The number of halogens is 1. The first-order valence-electron chi connectivity index (χ1n) is 6.53. The van der Waals surface area contributed by atoms with Crippen LogP contribution in [-0.2, 0) is 4.79 Å². The second-order valence-electron chi connectivity index (χ2n) is 6.01. The normalized spacial score (nSPS) is 13.4. The van der Waals surface area contributed by atoms with E-state index in [1.54, 1.807) is 0 Å². The van der Waals surface area contributed by atoms with Crippen LogP contribution >= 0.6 is 11.6 Å². The van der Waals surface area contributed by atoms with E-state index in [1.165, 1.54) is 0 Å². The predicted octanol–water partition coefficient (Wildman–Crippen LogP) is 3.28. The fourth-order valence-electron chi connectivity index (χ4n) is 1.94. The number of hydrogen-bond donors (Lipinski definition) is 2. The molecule has 0 saturated heterocycles. The Bertz CT molecular complexity index is 421. The van der Waals surface area contributed by atoms with E-state index < -0.39 is 5.54 Å². The maximum atomic E-state index is 12.0. The number of benzene rings is 1. The van der Waals surface area contributed by atoms with E-state index in [0.717, 1.165) is 5.56 Å². The van der Waals surface area contributed by atoms with Crippen molar-refractivity contribution in [1.82, 2.24) is 5.32 Å². The summed E-state index contributed by atoms with van der Waals surface area (Å²) in [5, 5.41) is 3.74. The first kappa shape index (κ1) is 16.0. The summed E-state index contributed by atoms with van der Waals surface area (Å²) in [7, 11) is 0. The highest BCUT2D eigenvalue weighted by molar-refractivity contribution is 6.30. The molecule has 1 aromatic rings. The Morgan fingerprint density at radius 2 is 1.84 bits per heavy atom. The highest BCUT2D eigenvalue weighted by Crippen LogP contribution is 2.23. The van der Waals surface area contributed by atoms with E-state index in [-0.39, 0.29) is 11.9 Å². The molecule has 0 radical (unpaired) electrons. The number of nitrogens with two attached hydrogens (primary N) is 1. The number of carbonyl (C=O) groups excluding carboxylic acids is 1. The molecule has 0 aromatic heterocycles. The predicted molar refractivity (Wildman–Crippen MR) is 80.1 cm³/mol. The Morgan fingerprint density at radius 3 is 2.26 bits per heavy atom. The molecule has 0 saturated carbocycles. The van der Waals surface area contributed by atoms with Gasteiger partial charge in [-0.25, -0.2) is 0 Å². The van der Waals surface area contributed by atoms with E-state index in [0.29, 0.717) is 17.4 Å². The van der Waals surface area contributed by atoms with Crippen molar-refractivity contribution in [2.24, 2.45) is 11.7 Å². The molecular weight excluding hydrogens is 260 g/mol. The van der Waals surface area contributed by atoms with Gasteiger partial charge in [0, 0.05) is 17.0 Å². The summed E-state index contributed by atoms with van der Waals surface area (Å²) in [6.45, 7) is 7.85. The highest BCUT2D eigenvalue weighted by Gasteiger charge is 2.22. The maximum Gasteiger partial charge on any atom is 0.222 e. The average Bonchev–Trinajstić information content (AvgIpc) is 2.24. The van der Waals surface area contributed by atoms with Crippen LogP contribution in [0.3, 0.4) is 0 Å². The molecule has 0 heterocycles. The molecule has 19 heavy (non-hydrogen) atoms. The molecule has 1 unspecified atom stereocenters. The maximum absolute atomic E-state index is 12.0. The molecule has 4 heteroatoms. The number of carbonyl (C=O) groups is 1. The van der Waals surface area contributed by atoms with Gasteiger partial charge in [0.05, 0.1) is 6.04 Å². The second-order valence-corrected chi connectivity index (χ2v) is 6.44. The van der Waals surface area contributed by atoms with E-state index in [9.17, 15) is 4.79 Å². The Hall–Kier alpha value is -1.06. The minimum absolute atomic E-state index is 0.0212. The van der Waals surface area contributed by atoms with Crippen LogP contribution in [0.2, 0.25) is 5.02 Å². The Balaban J connectivity index is 2.79. The third kappa shape index (κ3) is 5.62. The van der Waals surface area contributed by atoms with Crippen molar-refractivity contribution < 1.29 is 4.79 Å². The van der Waals surface area contributed by atoms with Gasteiger partial charge in [-0.1, -0.05) is 37.6 Å². The van der Waals surface area contributed by atoms with E-state index >= 15 is 0 Å². The lowest BCUT2D eigenvalue weighted by Crippen LogP contribution is -2.41. The van der Waals surface area contributed by atoms with Crippen LogP contribution in [0.4, 0.5) is 0 Å². The fourth-order valence-corrected chi connectivity index (χ4v) is 2.07. The smallest absolute Gasteiger partial charge is 0.222 e. The molecule has 0 aliphatic carbocycles. The van der Waals surface area contributed by atoms with Crippen molar-refractivity contribution in [3.05, 3.63) is 34.9 Å². The van der Waals surface area contributed by atoms with Gasteiger partial charge in [-0.2, -0.15) is 0 Å². The molecule has 106 valence electrons. The molecule has 3 nitrogen and oxygen atoms in total.